The molecule has 2 N–H and O–H groups in total. The summed E-state index contributed by atoms with van der Waals surface area (Å²) in [7, 11) is 4.25. The Balaban J connectivity index is 1.90. The summed E-state index contributed by atoms with van der Waals surface area (Å²) in [5.74, 6) is -3.68. The molecule has 0 spiro atoms. The molecule has 0 unspecified atom stereocenters. The van der Waals surface area contributed by atoms with Crippen molar-refractivity contribution in [2.45, 2.75) is 18.8 Å². The van der Waals surface area contributed by atoms with Crippen LogP contribution in [0.15, 0.2) is 72.8 Å². The summed E-state index contributed by atoms with van der Waals surface area (Å²) in [6.45, 7) is -0.0910. The Bertz CT molecular complexity index is 1340. The molecule has 0 saturated carbocycles. The SMILES string of the molecule is COc1cccc(C(=O)O[C@H](C(=O)O)[C@H](OC(=O)c2cccc(OC)c2)C(=O)NCc2ccccc2OC)c1. The number of rotatable bonds is 12. The molecule has 11 heteroatoms. The summed E-state index contributed by atoms with van der Waals surface area (Å²) in [6.07, 6.45) is -4.23. The van der Waals surface area contributed by atoms with E-state index in [1.54, 1.807) is 36.4 Å². The van der Waals surface area contributed by atoms with Crippen LogP contribution in [0.3, 0.4) is 0 Å². The molecule has 0 saturated heterocycles. The summed E-state index contributed by atoms with van der Waals surface area (Å²) in [6, 6.07) is 18.5. The highest BCUT2D eigenvalue weighted by Gasteiger charge is 2.41. The molecule has 3 aromatic rings. The Morgan fingerprint density at radius 3 is 1.77 bits per heavy atom. The molecule has 0 aliphatic carbocycles. The van der Waals surface area contributed by atoms with E-state index in [1.165, 1.54) is 57.7 Å². The predicted molar refractivity (Wildman–Crippen MR) is 137 cm³/mol. The molecule has 11 nitrogen and oxygen atoms in total. The van der Waals surface area contributed by atoms with Gasteiger partial charge < -0.3 is 34.1 Å². The van der Waals surface area contributed by atoms with Crippen LogP contribution < -0.4 is 19.5 Å². The molecular formula is C28H27NO10. The van der Waals surface area contributed by atoms with Crippen molar-refractivity contribution in [2.24, 2.45) is 0 Å². The average Bonchev–Trinajstić information content (AvgIpc) is 2.97. The summed E-state index contributed by atoms with van der Waals surface area (Å²) in [5, 5.41) is 12.4. The third-order valence-corrected chi connectivity index (χ3v) is 5.50. The van der Waals surface area contributed by atoms with E-state index in [0.29, 0.717) is 22.8 Å². The molecule has 2 atom stereocenters. The molecule has 39 heavy (non-hydrogen) atoms. The van der Waals surface area contributed by atoms with Crippen molar-refractivity contribution in [3.63, 3.8) is 0 Å². The summed E-state index contributed by atoms with van der Waals surface area (Å²) in [4.78, 5) is 51.2. The van der Waals surface area contributed by atoms with Gasteiger partial charge in [-0.3, -0.25) is 4.79 Å². The minimum atomic E-state index is -2.18. The molecule has 3 rings (SSSR count). The van der Waals surface area contributed by atoms with Crippen molar-refractivity contribution in [1.29, 1.82) is 0 Å². The highest BCUT2D eigenvalue weighted by molar-refractivity contribution is 5.97. The number of ether oxygens (including phenoxy) is 5. The second kappa shape index (κ2) is 13.5. The lowest BCUT2D eigenvalue weighted by Gasteiger charge is -2.24. The molecule has 0 bridgehead atoms. The first-order valence-corrected chi connectivity index (χ1v) is 11.6. The smallest absolute Gasteiger partial charge is 0.349 e. The largest absolute Gasteiger partial charge is 0.497 e. The zero-order chi connectivity index (χ0) is 28.4. The van der Waals surface area contributed by atoms with Crippen LogP contribution in [0.2, 0.25) is 0 Å². The molecule has 204 valence electrons. The number of methoxy groups -OCH3 is 3. The maximum absolute atomic E-state index is 13.2. The van der Waals surface area contributed by atoms with Crippen molar-refractivity contribution in [2.75, 3.05) is 21.3 Å². The van der Waals surface area contributed by atoms with Gasteiger partial charge in [0.25, 0.3) is 5.91 Å². The van der Waals surface area contributed by atoms with E-state index in [2.05, 4.69) is 5.32 Å². The van der Waals surface area contributed by atoms with Gasteiger partial charge in [0, 0.05) is 12.1 Å². The van der Waals surface area contributed by atoms with Crippen molar-refractivity contribution in [3.05, 3.63) is 89.5 Å². The van der Waals surface area contributed by atoms with Gasteiger partial charge in [0.15, 0.2) is 0 Å². The molecule has 0 aliphatic heterocycles. The average molecular weight is 538 g/mol. The van der Waals surface area contributed by atoms with Gasteiger partial charge in [-0.05, 0) is 42.5 Å². The van der Waals surface area contributed by atoms with E-state index in [9.17, 15) is 24.3 Å². The number of nitrogens with one attached hydrogen (secondary N) is 1. The molecule has 0 fully saturated rings. The van der Waals surface area contributed by atoms with Gasteiger partial charge in [0.05, 0.1) is 32.5 Å². The van der Waals surface area contributed by atoms with E-state index in [1.807, 2.05) is 0 Å². The Labute approximate surface area is 224 Å². The van der Waals surface area contributed by atoms with E-state index < -0.39 is 36.0 Å². The van der Waals surface area contributed by atoms with Gasteiger partial charge in [-0.1, -0.05) is 30.3 Å². The standard InChI is InChI=1S/C28H27NO10/c1-35-20-11-6-9-17(14-20)27(33)38-23(25(30)29-16-19-8-4-5-13-22(19)37-3)24(26(31)32)39-28(34)18-10-7-12-21(15-18)36-2/h4-15,23-24H,16H2,1-3H3,(H,29,30)(H,31,32)/t23-,24-/m0/s1. The number of carbonyl (C=O) groups excluding carboxylic acids is 3. The Morgan fingerprint density at radius 2 is 1.26 bits per heavy atom. The van der Waals surface area contributed by atoms with Crippen LogP contribution in [0.1, 0.15) is 26.3 Å². The highest BCUT2D eigenvalue weighted by atomic mass is 16.6. The minimum Gasteiger partial charge on any atom is -0.497 e. The Kier molecular flexibility index (Phi) is 9.85. The fraction of sp³-hybridized carbons (Fsp3) is 0.214. The quantitative estimate of drug-likeness (QED) is 0.331. The number of carboxylic acid groups (broad SMARTS) is 1. The van der Waals surface area contributed by atoms with Crippen molar-refractivity contribution >= 4 is 23.8 Å². The van der Waals surface area contributed by atoms with Crippen LogP contribution in [-0.4, -0.2) is 62.5 Å². The number of hydrogen-bond acceptors (Lipinski definition) is 9. The molecule has 0 heterocycles. The fourth-order valence-electron chi connectivity index (χ4n) is 3.49. The molecule has 3 aromatic carbocycles. The first kappa shape index (κ1) is 28.5. The highest BCUT2D eigenvalue weighted by Crippen LogP contribution is 2.20. The molecule has 1 amide bonds. The van der Waals surface area contributed by atoms with Gasteiger partial charge in [0.1, 0.15) is 17.2 Å². The number of carbonyl (C=O) groups is 4. The molecule has 0 aliphatic rings. The van der Waals surface area contributed by atoms with Crippen LogP contribution in [-0.2, 0) is 25.6 Å². The lowest BCUT2D eigenvalue weighted by atomic mass is 10.1. The van der Waals surface area contributed by atoms with Gasteiger partial charge in [0.2, 0.25) is 12.2 Å². The second-order valence-corrected chi connectivity index (χ2v) is 7.98. The molecular weight excluding hydrogens is 510 g/mol. The van der Waals surface area contributed by atoms with E-state index >= 15 is 0 Å². The van der Waals surface area contributed by atoms with Crippen molar-refractivity contribution in [3.8, 4) is 17.2 Å². The lowest BCUT2D eigenvalue weighted by molar-refractivity contribution is -0.159. The first-order chi connectivity index (χ1) is 18.8. The Morgan fingerprint density at radius 1 is 0.718 bits per heavy atom. The number of esters is 2. The number of carboxylic acids is 1. The van der Waals surface area contributed by atoms with Crippen LogP contribution >= 0.6 is 0 Å². The maximum atomic E-state index is 13.2. The zero-order valence-electron chi connectivity index (χ0n) is 21.4. The van der Waals surface area contributed by atoms with Gasteiger partial charge in [-0.2, -0.15) is 0 Å². The first-order valence-electron chi connectivity index (χ1n) is 11.6. The van der Waals surface area contributed by atoms with Crippen molar-refractivity contribution in [1.82, 2.24) is 5.32 Å². The van der Waals surface area contributed by atoms with E-state index in [0.717, 1.165) is 0 Å². The number of para-hydroxylation sites is 1. The third kappa shape index (κ3) is 7.48. The normalized spacial score (nSPS) is 11.9. The lowest BCUT2D eigenvalue weighted by Crippen LogP contribution is -2.50. The van der Waals surface area contributed by atoms with Gasteiger partial charge in [-0.25, -0.2) is 14.4 Å². The minimum absolute atomic E-state index is 0.0138. The molecule has 0 aromatic heterocycles. The van der Waals surface area contributed by atoms with Gasteiger partial charge in [-0.15, -0.1) is 0 Å². The van der Waals surface area contributed by atoms with E-state index in [-0.39, 0.29) is 17.7 Å². The fourth-order valence-corrected chi connectivity index (χ4v) is 3.49. The van der Waals surface area contributed by atoms with Crippen LogP contribution in [0.4, 0.5) is 0 Å². The van der Waals surface area contributed by atoms with Crippen LogP contribution in [0.25, 0.3) is 0 Å². The summed E-state index contributed by atoms with van der Waals surface area (Å²) in [5.41, 5.74) is 0.527. The number of amides is 1. The number of hydrogen-bond donors (Lipinski definition) is 2. The topological polar surface area (TPSA) is 147 Å². The summed E-state index contributed by atoms with van der Waals surface area (Å²) >= 11 is 0. The predicted octanol–water partition coefficient (Wildman–Crippen LogP) is 2.86. The third-order valence-electron chi connectivity index (χ3n) is 5.50. The Hall–Kier alpha value is -5.06. The van der Waals surface area contributed by atoms with Gasteiger partial charge >= 0.3 is 17.9 Å². The number of aliphatic carboxylic acids is 1. The monoisotopic (exact) mass is 537 g/mol. The van der Waals surface area contributed by atoms with Crippen LogP contribution in [0, 0.1) is 0 Å². The van der Waals surface area contributed by atoms with E-state index in [4.69, 9.17) is 23.7 Å². The van der Waals surface area contributed by atoms with Crippen LogP contribution in [0.5, 0.6) is 17.2 Å². The maximum Gasteiger partial charge on any atom is 0.349 e. The summed E-state index contributed by atoms with van der Waals surface area (Å²) < 4.78 is 26.0. The number of benzene rings is 3. The van der Waals surface area contributed by atoms with Crippen molar-refractivity contribution < 1.29 is 48.0 Å². The zero-order valence-corrected chi connectivity index (χ0v) is 21.4. The second-order valence-electron chi connectivity index (χ2n) is 7.98. The molecule has 0 radical (unpaired) electrons.